The van der Waals surface area contributed by atoms with Gasteiger partial charge in [0.1, 0.15) is 54.4 Å². The maximum Gasteiger partial charge on any atom is 0.328 e. The molecule has 9 amide bonds. The van der Waals surface area contributed by atoms with E-state index in [0.29, 0.717) is 18.5 Å². The number of carboxylic acid groups (broad SMARTS) is 1. The lowest BCUT2D eigenvalue weighted by atomic mass is 10.0. The second-order valence-corrected chi connectivity index (χ2v) is 16.3. The van der Waals surface area contributed by atoms with Gasteiger partial charge in [0.25, 0.3) is 0 Å². The number of nitrogens with zero attached hydrogens (tertiary/aromatic N) is 3. The second-order valence-electron chi connectivity index (χ2n) is 16.3. The van der Waals surface area contributed by atoms with Gasteiger partial charge in [0.05, 0.1) is 32.8 Å². The van der Waals surface area contributed by atoms with Gasteiger partial charge in [-0.3, -0.25) is 43.2 Å². The van der Waals surface area contributed by atoms with Gasteiger partial charge in [-0.05, 0) is 44.4 Å². The molecule has 3 heterocycles. The number of amides is 9. The summed E-state index contributed by atoms with van der Waals surface area (Å²) in [7, 11) is 0. The number of rotatable bonds is 26. The second kappa shape index (κ2) is 26.0. The Morgan fingerprint density at radius 3 is 1.73 bits per heavy atom. The number of aromatic amines is 1. The van der Waals surface area contributed by atoms with Crippen LogP contribution in [0, 0.1) is 5.92 Å². The van der Waals surface area contributed by atoms with Crippen LogP contribution in [0.15, 0.2) is 12.5 Å². The summed E-state index contributed by atoms with van der Waals surface area (Å²) in [6, 6.07) is -12.9. The first-order valence-corrected chi connectivity index (χ1v) is 21.4. The highest BCUT2D eigenvalue weighted by molar-refractivity contribution is 5.98. The van der Waals surface area contributed by atoms with Crippen LogP contribution in [0.2, 0.25) is 0 Å². The number of likely N-dealkylation sites (tertiary alicyclic amines) is 2. The van der Waals surface area contributed by atoms with Gasteiger partial charge in [-0.1, -0.05) is 13.8 Å². The molecule has 2 fully saturated rings. The van der Waals surface area contributed by atoms with E-state index >= 15 is 0 Å². The van der Waals surface area contributed by atoms with Crippen LogP contribution in [0.3, 0.4) is 0 Å². The molecule has 1 aromatic heterocycles. The number of nitrogens with two attached hydrogens (primary N) is 2. The van der Waals surface area contributed by atoms with Gasteiger partial charge in [-0.15, -0.1) is 0 Å². The number of hydrogen-bond acceptors (Lipinski definition) is 16. The number of nitrogens with one attached hydrogen (secondary N) is 7. The number of hydrogen-bond donors (Lipinski definition) is 14. The molecule has 1 aromatic rings. The predicted octanol–water partition coefficient (Wildman–Crippen LogP) is -7.46. The normalized spacial score (nSPS) is 19.0. The van der Waals surface area contributed by atoms with E-state index in [1.807, 2.05) is 0 Å². The van der Waals surface area contributed by atoms with Crippen LogP contribution in [-0.4, -0.2) is 198 Å². The van der Waals surface area contributed by atoms with Gasteiger partial charge in [0.2, 0.25) is 53.2 Å². The molecule has 2 aliphatic heterocycles. The summed E-state index contributed by atoms with van der Waals surface area (Å²) in [6.45, 7) is -0.0327. The molecule has 66 heavy (non-hydrogen) atoms. The zero-order valence-electron chi connectivity index (χ0n) is 36.6. The Morgan fingerprint density at radius 2 is 1.21 bits per heavy atom. The summed E-state index contributed by atoms with van der Waals surface area (Å²) in [5.41, 5.74) is 11.0. The zero-order valence-corrected chi connectivity index (χ0v) is 36.6. The first-order chi connectivity index (χ1) is 31.3. The first-order valence-electron chi connectivity index (χ1n) is 21.4. The molecule has 27 heteroatoms. The van der Waals surface area contributed by atoms with Crippen molar-refractivity contribution in [2.24, 2.45) is 17.4 Å². The average Bonchev–Trinajstić information content (AvgIpc) is 4.09. The highest BCUT2D eigenvalue weighted by Gasteiger charge is 2.45. The molecular weight excluding hydrogens is 876 g/mol. The van der Waals surface area contributed by atoms with Crippen LogP contribution in [0.5, 0.6) is 0 Å². The SMILES string of the molecule is CC(C)C[C@H](NC(=O)[C@@H]1CCCN1C(=O)[C@@H]1CCCN1C(=O)[C@H](Cc1cnc[nH]1)NC(=O)[C@H](CO)NC(=O)[C@H](CO)NC(=O)[C@H](CCC(N)=O)NC(=O)[C@@H](N)CO)C(=O)N[C@@H](CO)C(=O)O. The third-order valence-corrected chi connectivity index (χ3v) is 10.9. The molecule has 0 unspecified atom stereocenters. The average molecular weight is 939 g/mol. The number of H-pyrrole nitrogens is 1. The third-order valence-electron chi connectivity index (χ3n) is 10.9. The molecule has 9 atom stereocenters. The van der Waals surface area contributed by atoms with Crippen molar-refractivity contribution in [2.45, 2.75) is 120 Å². The number of aliphatic carboxylic acids is 1. The Balaban J connectivity index is 1.77. The van der Waals surface area contributed by atoms with E-state index in [1.54, 1.807) is 13.8 Å². The zero-order chi connectivity index (χ0) is 49.2. The number of aliphatic hydroxyl groups is 4. The van der Waals surface area contributed by atoms with Crippen molar-refractivity contribution in [1.29, 1.82) is 0 Å². The van der Waals surface area contributed by atoms with Crippen molar-refractivity contribution in [1.82, 2.24) is 51.7 Å². The maximum absolute atomic E-state index is 14.4. The molecule has 2 aliphatic rings. The number of aliphatic hydroxyl groups excluding tert-OH is 4. The van der Waals surface area contributed by atoms with Gasteiger partial charge < -0.3 is 83.7 Å². The van der Waals surface area contributed by atoms with Crippen LogP contribution in [0.1, 0.15) is 64.5 Å². The molecule has 0 aromatic carbocycles. The molecule has 0 bridgehead atoms. The standard InChI is InChI=1S/C39H62N12O15/c1-19(2)11-23(33(59)49-27(17-55)39(65)66)45-36(62)28-5-3-9-50(28)38(64)29-6-4-10-51(29)37(63)24(12-20-13-42-18-43-20)46-34(60)25(15-53)48-35(61)26(16-54)47-32(58)22(7-8-30(41)56)44-31(57)21(40)14-52/h13,18-19,21-29,52-55H,3-12,14-17,40H2,1-2H3,(H2,41,56)(H,42,43)(H,44,57)(H,45,62)(H,46,60)(H,47,58)(H,48,61)(H,49,59)(H,65,66)/t21-,22-,23-,24-,25-,26-,27-,28-,29-/m0/s1. The molecule has 2 saturated heterocycles. The summed E-state index contributed by atoms with van der Waals surface area (Å²) >= 11 is 0. The van der Waals surface area contributed by atoms with Gasteiger partial charge in [-0.25, -0.2) is 9.78 Å². The molecule has 0 saturated carbocycles. The number of carboxylic acids is 1. The molecule has 16 N–H and O–H groups in total. The number of carbonyl (C=O) groups is 10. The van der Waals surface area contributed by atoms with Crippen LogP contribution in [0.4, 0.5) is 0 Å². The third kappa shape index (κ3) is 15.4. The van der Waals surface area contributed by atoms with E-state index in [4.69, 9.17) is 11.5 Å². The molecule has 0 radical (unpaired) electrons. The minimum absolute atomic E-state index is 0.0619. The number of carbonyl (C=O) groups excluding carboxylic acids is 9. The highest BCUT2D eigenvalue weighted by atomic mass is 16.4. The number of imidazole rings is 1. The maximum atomic E-state index is 14.4. The van der Waals surface area contributed by atoms with Gasteiger partial charge in [-0.2, -0.15) is 0 Å². The number of primary amides is 1. The van der Waals surface area contributed by atoms with Crippen LogP contribution >= 0.6 is 0 Å². The molecule has 27 nitrogen and oxygen atoms in total. The summed E-state index contributed by atoms with van der Waals surface area (Å²) in [4.78, 5) is 140. The molecule has 0 aliphatic carbocycles. The van der Waals surface area contributed by atoms with Gasteiger partial charge in [0, 0.05) is 37.8 Å². The van der Waals surface area contributed by atoms with E-state index in [2.05, 4.69) is 41.9 Å². The molecule has 368 valence electrons. The Kier molecular flexibility index (Phi) is 21.3. The van der Waals surface area contributed by atoms with Crippen LogP contribution in [0.25, 0.3) is 0 Å². The van der Waals surface area contributed by atoms with Crippen molar-refractivity contribution < 1.29 is 73.5 Å². The summed E-state index contributed by atoms with van der Waals surface area (Å²) < 4.78 is 0. The van der Waals surface area contributed by atoms with E-state index in [9.17, 15) is 73.5 Å². The summed E-state index contributed by atoms with van der Waals surface area (Å²) in [6.07, 6.45) is 2.97. The lowest BCUT2D eigenvalue weighted by Gasteiger charge is -2.33. The molecule has 3 rings (SSSR count). The van der Waals surface area contributed by atoms with Crippen molar-refractivity contribution in [3.63, 3.8) is 0 Å². The summed E-state index contributed by atoms with van der Waals surface area (Å²) in [5.74, 6) is -9.65. The fourth-order valence-corrected chi connectivity index (χ4v) is 7.35. The van der Waals surface area contributed by atoms with Crippen molar-refractivity contribution >= 4 is 59.1 Å². The monoisotopic (exact) mass is 938 g/mol. The van der Waals surface area contributed by atoms with E-state index in [1.165, 1.54) is 22.3 Å². The molecular formula is C39H62N12O15. The highest BCUT2D eigenvalue weighted by Crippen LogP contribution is 2.26. The lowest BCUT2D eigenvalue weighted by molar-refractivity contribution is -0.148. The quantitative estimate of drug-likeness (QED) is 0.0410. The first kappa shape index (κ1) is 54.0. The Labute approximate surface area is 378 Å². The van der Waals surface area contributed by atoms with Crippen molar-refractivity contribution in [3.05, 3.63) is 18.2 Å². The minimum atomic E-state index is -1.79. The summed E-state index contributed by atoms with van der Waals surface area (Å²) in [5, 5.41) is 62.0. The fourth-order valence-electron chi connectivity index (χ4n) is 7.35. The van der Waals surface area contributed by atoms with Crippen molar-refractivity contribution in [2.75, 3.05) is 39.5 Å². The molecule has 0 spiro atoms. The Morgan fingerprint density at radius 1 is 0.697 bits per heavy atom. The van der Waals surface area contributed by atoms with E-state index in [0.717, 1.165) is 0 Å². The minimum Gasteiger partial charge on any atom is -0.480 e. The Bertz CT molecular complexity index is 1890. The van der Waals surface area contributed by atoms with E-state index < -0.39 is 146 Å². The van der Waals surface area contributed by atoms with Crippen molar-refractivity contribution in [3.8, 4) is 0 Å². The largest absolute Gasteiger partial charge is 0.480 e. The lowest BCUT2D eigenvalue weighted by Crippen LogP contribution is -2.61. The van der Waals surface area contributed by atoms with Gasteiger partial charge >= 0.3 is 5.97 Å². The number of aromatic nitrogens is 2. The smallest absolute Gasteiger partial charge is 0.328 e. The fraction of sp³-hybridized carbons (Fsp3) is 0.667. The van der Waals surface area contributed by atoms with Gasteiger partial charge in [0.15, 0.2) is 0 Å². The van der Waals surface area contributed by atoms with E-state index in [-0.39, 0.29) is 51.1 Å². The van der Waals surface area contributed by atoms with Crippen LogP contribution in [-0.2, 0) is 54.4 Å². The van der Waals surface area contributed by atoms with Crippen LogP contribution < -0.4 is 43.4 Å². The Hall–Kier alpha value is -6.29. The topological polar surface area (TPSA) is 431 Å². The predicted molar refractivity (Wildman–Crippen MR) is 225 cm³/mol.